The van der Waals surface area contributed by atoms with Gasteiger partial charge in [-0.25, -0.2) is 4.98 Å². The maximum atomic E-state index is 5.58. The third kappa shape index (κ3) is 3.83. The Kier molecular flexibility index (Phi) is 5.60. The van der Waals surface area contributed by atoms with E-state index < -0.39 is 0 Å². The molecule has 0 atom stereocenters. The van der Waals surface area contributed by atoms with Gasteiger partial charge < -0.3 is 19.7 Å². The Labute approximate surface area is 121 Å². The minimum Gasteiger partial charge on any atom is -0.382 e. The zero-order chi connectivity index (χ0) is 14.4. The Hall–Kier alpha value is -1.35. The third-order valence-electron chi connectivity index (χ3n) is 2.58. The molecule has 7 nitrogen and oxygen atoms in total. The van der Waals surface area contributed by atoms with Crippen molar-refractivity contribution in [1.82, 2.24) is 15.1 Å². The molecular weight excluding hydrogens is 280 g/mol. The van der Waals surface area contributed by atoms with Gasteiger partial charge in [0.1, 0.15) is 9.88 Å². The zero-order valence-corrected chi connectivity index (χ0v) is 12.4. The van der Waals surface area contributed by atoms with E-state index in [4.69, 9.17) is 19.7 Å². The number of aryl methyl sites for hydroxylation is 1. The molecule has 2 heterocycles. The molecule has 2 rings (SSSR count). The predicted octanol–water partition coefficient (Wildman–Crippen LogP) is 1.17. The fraction of sp³-hybridized carbons (Fsp3) is 0.583. The van der Waals surface area contributed by atoms with Gasteiger partial charge in [-0.15, -0.1) is 11.3 Å². The fourth-order valence-electron chi connectivity index (χ4n) is 1.59. The summed E-state index contributed by atoms with van der Waals surface area (Å²) in [5.41, 5.74) is 6.44. The lowest BCUT2D eigenvalue weighted by molar-refractivity contribution is 0.0714. The number of aromatic nitrogens is 3. The van der Waals surface area contributed by atoms with Crippen LogP contribution in [-0.2, 0) is 22.4 Å². The van der Waals surface area contributed by atoms with E-state index in [1.54, 1.807) is 7.11 Å². The Morgan fingerprint density at radius 3 is 2.80 bits per heavy atom. The molecule has 110 valence electrons. The molecule has 0 aliphatic heterocycles. The van der Waals surface area contributed by atoms with Gasteiger partial charge in [0.15, 0.2) is 5.82 Å². The van der Waals surface area contributed by atoms with Crippen LogP contribution in [0, 0.1) is 6.92 Å². The Morgan fingerprint density at radius 2 is 2.10 bits per heavy atom. The second-order valence-electron chi connectivity index (χ2n) is 4.10. The van der Waals surface area contributed by atoms with E-state index in [1.807, 2.05) is 6.92 Å². The minimum atomic E-state index is 0.417. The highest BCUT2D eigenvalue weighted by atomic mass is 32.1. The number of nitrogens with two attached hydrogens (primary N) is 1. The largest absolute Gasteiger partial charge is 0.382 e. The summed E-state index contributed by atoms with van der Waals surface area (Å²) in [5, 5.41) is 4.80. The molecule has 0 aliphatic rings. The van der Waals surface area contributed by atoms with Crippen LogP contribution in [-0.4, -0.2) is 42.1 Å². The van der Waals surface area contributed by atoms with Crippen LogP contribution >= 0.6 is 11.3 Å². The second-order valence-corrected chi connectivity index (χ2v) is 5.18. The van der Waals surface area contributed by atoms with Crippen LogP contribution in [0.2, 0.25) is 0 Å². The van der Waals surface area contributed by atoms with Crippen LogP contribution in [0.5, 0.6) is 0 Å². The number of hydrogen-bond acceptors (Lipinski definition) is 8. The van der Waals surface area contributed by atoms with Gasteiger partial charge in [-0.2, -0.15) is 4.98 Å². The minimum absolute atomic E-state index is 0.417. The van der Waals surface area contributed by atoms with Gasteiger partial charge in [0.25, 0.3) is 5.89 Å². The third-order valence-corrected chi connectivity index (χ3v) is 3.75. The Bertz CT molecular complexity index is 541. The van der Waals surface area contributed by atoms with Gasteiger partial charge in [-0.1, -0.05) is 5.16 Å². The molecule has 0 fully saturated rings. The smallest absolute Gasteiger partial charge is 0.269 e. The summed E-state index contributed by atoms with van der Waals surface area (Å²) in [7, 11) is 1.64. The summed E-state index contributed by atoms with van der Waals surface area (Å²) < 4.78 is 15.5. The summed E-state index contributed by atoms with van der Waals surface area (Å²) in [5.74, 6) is 1.12. The van der Waals surface area contributed by atoms with E-state index in [9.17, 15) is 0 Å². The van der Waals surface area contributed by atoms with Gasteiger partial charge in [0.2, 0.25) is 0 Å². The van der Waals surface area contributed by atoms with Crippen LogP contribution in [0.25, 0.3) is 10.8 Å². The van der Waals surface area contributed by atoms with Crippen molar-refractivity contribution in [3.63, 3.8) is 0 Å². The van der Waals surface area contributed by atoms with Gasteiger partial charge in [0.05, 0.1) is 25.5 Å². The lowest BCUT2D eigenvalue weighted by atomic mass is 10.4. The fourth-order valence-corrected chi connectivity index (χ4v) is 2.46. The molecule has 0 saturated heterocycles. The number of rotatable bonds is 8. The number of methoxy groups -OCH3 is 1. The predicted molar refractivity (Wildman–Crippen MR) is 74.4 cm³/mol. The molecule has 0 aliphatic carbocycles. The summed E-state index contributed by atoms with van der Waals surface area (Å²) in [6, 6.07) is 0. The molecule has 0 unspecified atom stereocenters. The number of ether oxygens (including phenoxy) is 2. The van der Waals surface area contributed by atoms with Crippen LogP contribution in [0.15, 0.2) is 4.52 Å². The SMILES string of the molecule is COCCOCCc1noc(-c2sc(CN)nc2C)n1. The van der Waals surface area contributed by atoms with Crippen molar-refractivity contribution < 1.29 is 14.0 Å². The van der Waals surface area contributed by atoms with Gasteiger partial charge in [-0.05, 0) is 6.92 Å². The summed E-state index contributed by atoms with van der Waals surface area (Å²) in [6.45, 7) is 4.01. The molecule has 2 aromatic heterocycles. The van der Waals surface area contributed by atoms with Gasteiger partial charge in [0, 0.05) is 20.1 Å². The van der Waals surface area contributed by atoms with Crippen molar-refractivity contribution in [1.29, 1.82) is 0 Å². The zero-order valence-electron chi connectivity index (χ0n) is 11.6. The molecule has 0 amide bonds. The molecule has 0 aromatic carbocycles. The average Bonchev–Trinajstić information content (AvgIpc) is 3.05. The van der Waals surface area contributed by atoms with Crippen molar-refractivity contribution in [3.8, 4) is 10.8 Å². The van der Waals surface area contributed by atoms with E-state index in [2.05, 4.69) is 15.1 Å². The average molecular weight is 298 g/mol. The summed E-state index contributed by atoms with van der Waals surface area (Å²) in [4.78, 5) is 9.56. The van der Waals surface area contributed by atoms with Gasteiger partial charge in [-0.3, -0.25) is 0 Å². The number of hydrogen-bond donors (Lipinski definition) is 1. The highest BCUT2D eigenvalue weighted by Gasteiger charge is 2.15. The van der Waals surface area contributed by atoms with Crippen LogP contribution in [0.1, 0.15) is 16.5 Å². The molecule has 0 radical (unpaired) electrons. The van der Waals surface area contributed by atoms with Crippen LogP contribution in [0.4, 0.5) is 0 Å². The van der Waals surface area contributed by atoms with Gasteiger partial charge >= 0.3 is 0 Å². The Morgan fingerprint density at radius 1 is 1.25 bits per heavy atom. The lowest BCUT2D eigenvalue weighted by Gasteiger charge is -1.99. The maximum Gasteiger partial charge on any atom is 0.269 e. The highest BCUT2D eigenvalue weighted by molar-refractivity contribution is 7.15. The number of thiazole rings is 1. The van der Waals surface area contributed by atoms with E-state index in [0.717, 1.165) is 15.6 Å². The molecule has 2 aromatic rings. The first kappa shape index (κ1) is 15.0. The standard InChI is InChI=1S/C12H18N4O3S/c1-8-11(20-10(7-13)14-8)12-15-9(16-19-12)3-4-18-6-5-17-2/h3-7,13H2,1-2H3. The van der Waals surface area contributed by atoms with Crippen LogP contribution in [0.3, 0.4) is 0 Å². The van der Waals surface area contributed by atoms with Crippen molar-refractivity contribution >= 4 is 11.3 Å². The summed E-state index contributed by atoms with van der Waals surface area (Å²) in [6.07, 6.45) is 0.606. The van der Waals surface area contributed by atoms with Crippen LogP contribution < -0.4 is 5.73 Å². The van der Waals surface area contributed by atoms with E-state index >= 15 is 0 Å². The monoisotopic (exact) mass is 298 g/mol. The van der Waals surface area contributed by atoms with Crippen molar-refractivity contribution in [2.45, 2.75) is 19.9 Å². The molecule has 2 N–H and O–H groups in total. The molecule has 0 bridgehead atoms. The highest BCUT2D eigenvalue weighted by Crippen LogP contribution is 2.28. The Balaban J connectivity index is 1.92. The van der Waals surface area contributed by atoms with E-state index in [-0.39, 0.29) is 0 Å². The quantitative estimate of drug-likeness (QED) is 0.730. The van der Waals surface area contributed by atoms with Crippen molar-refractivity contribution in [2.24, 2.45) is 5.73 Å². The molecular formula is C12H18N4O3S. The maximum absolute atomic E-state index is 5.58. The first-order chi connectivity index (χ1) is 9.74. The van der Waals surface area contributed by atoms with Crippen molar-refractivity contribution in [2.75, 3.05) is 26.9 Å². The van der Waals surface area contributed by atoms with Crippen molar-refractivity contribution in [3.05, 3.63) is 16.5 Å². The summed E-state index contributed by atoms with van der Waals surface area (Å²) >= 11 is 1.48. The second kappa shape index (κ2) is 7.44. The topological polar surface area (TPSA) is 96.3 Å². The normalized spacial score (nSPS) is 11.2. The molecule has 20 heavy (non-hydrogen) atoms. The lowest BCUT2D eigenvalue weighted by Crippen LogP contribution is -2.05. The molecule has 0 saturated carbocycles. The number of nitrogens with zero attached hydrogens (tertiary/aromatic N) is 3. The van der Waals surface area contributed by atoms with E-state index in [1.165, 1.54) is 11.3 Å². The molecule has 8 heteroatoms. The first-order valence-electron chi connectivity index (χ1n) is 6.30. The van der Waals surface area contributed by atoms with E-state index in [0.29, 0.717) is 44.5 Å². The first-order valence-corrected chi connectivity index (χ1v) is 7.12. The molecule has 0 spiro atoms.